The maximum Gasteiger partial charge on any atom is 0.379 e. The third-order valence-corrected chi connectivity index (χ3v) is 4.61. The van der Waals surface area contributed by atoms with Gasteiger partial charge in [0.2, 0.25) is 0 Å². The maximum atomic E-state index is 13.9. The van der Waals surface area contributed by atoms with E-state index in [1.165, 1.54) is 6.92 Å². The van der Waals surface area contributed by atoms with Crippen molar-refractivity contribution in [1.82, 2.24) is 0 Å². The number of hydrogen-bond donors (Lipinski definition) is 1. The highest BCUT2D eigenvalue weighted by molar-refractivity contribution is 7.86. The number of halogens is 7. The van der Waals surface area contributed by atoms with Gasteiger partial charge in [-0.2, -0.15) is 34.8 Å². The van der Waals surface area contributed by atoms with E-state index in [1.807, 2.05) is 0 Å². The monoisotopic (exact) mass is 332 g/mol. The molecule has 0 heterocycles. The molecule has 1 atom stereocenters. The zero-order valence-electron chi connectivity index (χ0n) is 10.0. The SMILES string of the molecule is CCCCC(C1(F)C(F)(F)C(F)(F)C1(F)F)S(=O)(=O)O. The Bertz CT molecular complexity index is 470. The van der Waals surface area contributed by atoms with Crippen molar-refractivity contribution < 1.29 is 43.7 Å². The Hall–Kier alpha value is -0.580. The van der Waals surface area contributed by atoms with Gasteiger partial charge in [-0.3, -0.25) is 4.55 Å². The third kappa shape index (κ3) is 1.78. The van der Waals surface area contributed by atoms with E-state index in [0.717, 1.165) is 0 Å². The van der Waals surface area contributed by atoms with Gasteiger partial charge in [-0.05, 0) is 6.42 Å². The molecule has 1 aliphatic rings. The average Bonchev–Trinajstić information content (AvgIpc) is 2.25. The van der Waals surface area contributed by atoms with Crippen molar-refractivity contribution in [3.05, 3.63) is 0 Å². The van der Waals surface area contributed by atoms with Crippen LogP contribution in [0.2, 0.25) is 0 Å². The van der Waals surface area contributed by atoms with Gasteiger partial charge in [0.05, 0.1) is 0 Å². The molecule has 0 amide bonds. The second-order valence-electron chi connectivity index (χ2n) is 4.58. The van der Waals surface area contributed by atoms with Gasteiger partial charge in [0.25, 0.3) is 15.8 Å². The number of hydrogen-bond acceptors (Lipinski definition) is 2. The van der Waals surface area contributed by atoms with Crippen LogP contribution in [0.5, 0.6) is 0 Å². The van der Waals surface area contributed by atoms with Gasteiger partial charge in [-0.15, -0.1) is 0 Å². The highest BCUT2D eigenvalue weighted by Gasteiger charge is 3.02. The van der Waals surface area contributed by atoms with Crippen LogP contribution in [0.25, 0.3) is 0 Å². The zero-order chi connectivity index (χ0) is 16.2. The van der Waals surface area contributed by atoms with Crippen molar-refractivity contribution in [3.8, 4) is 0 Å². The summed E-state index contributed by atoms with van der Waals surface area (Å²) in [5.41, 5.74) is -5.35. The summed E-state index contributed by atoms with van der Waals surface area (Å²) in [6.45, 7) is 1.40. The van der Waals surface area contributed by atoms with Crippen LogP contribution in [0.15, 0.2) is 0 Å². The lowest BCUT2D eigenvalue weighted by Gasteiger charge is -2.55. The fourth-order valence-electron chi connectivity index (χ4n) is 2.14. The van der Waals surface area contributed by atoms with E-state index in [4.69, 9.17) is 4.55 Å². The molecular weight excluding hydrogens is 321 g/mol. The minimum absolute atomic E-state index is 0.0929. The number of alkyl halides is 7. The second-order valence-corrected chi connectivity index (χ2v) is 6.18. The summed E-state index contributed by atoms with van der Waals surface area (Å²) in [5.74, 6) is -17.8. The molecule has 1 rings (SSSR count). The summed E-state index contributed by atoms with van der Waals surface area (Å²) in [4.78, 5) is 0. The molecule has 3 nitrogen and oxygen atoms in total. The van der Waals surface area contributed by atoms with Gasteiger partial charge in [0.1, 0.15) is 5.25 Å². The van der Waals surface area contributed by atoms with E-state index in [9.17, 15) is 39.2 Å². The minimum Gasteiger partial charge on any atom is -0.285 e. The third-order valence-electron chi connectivity index (χ3n) is 3.33. The van der Waals surface area contributed by atoms with Crippen LogP contribution >= 0.6 is 0 Å². The second kappa shape index (κ2) is 4.46. The fraction of sp³-hybridized carbons (Fsp3) is 1.00. The summed E-state index contributed by atoms with van der Waals surface area (Å²) in [6.07, 6.45) is -1.36. The van der Waals surface area contributed by atoms with Crippen molar-refractivity contribution in [2.24, 2.45) is 0 Å². The Morgan fingerprint density at radius 3 is 1.65 bits per heavy atom. The molecule has 1 N–H and O–H groups in total. The van der Waals surface area contributed by atoms with Crippen LogP contribution in [0.1, 0.15) is 26.2 Å². The van der Waals surface area contributed by atoms with E-state index < -0.39 is 45.2 Å². The van der Waals surface area contributed by atoms with Crippen LogP contribution in [0, 0.1) is 0 Å². The predicted molar refractivity (Wildman–Crippen MR) is 53.5 cm³/mol. The van der Waals surface area contributed by atoms with E-state index in [2.05, 4.69) is 0 Å². The molecule has 0 bridgehead atoms. The van der Waals surface area contributed by atoms with Crippen LogP contribution in [0.4, 0.5) is 30.7 Å². The molecule has 1 saturated carbocycles. The van der Waals surface area contributed by atoms with Gasteiger partial charge in [0, 0.05) is 0 Å². The first-order valence-electron chi connectivity index (χ1n) is 5.48. The van der Waals surface area contributed by atoms with Crippen molar-refractivity contribution in [1.29, 1.82) is 0 Å². The van der Waals surface area contributed by atoms with E-state index in [-0.39, 0.29) is 12.8 Å². The van der Waals surface area contributed by atoms with Gasteiger partial charge >= 0.3 is 17.8 Å². The lowest BCUT2D eigenvalue weighted by Crippen LogP contribution is -2.88. The van der Waals surface area contributed by atoms with Gasteiger partial charge < -0.3 is 0 Å². The molecule has 1 aliphatic carbocycles. The summed E-state index contributed by atoms with van der Waals surface area (Å²) >= 11 is 0. The molecule has 0 aromatic rings. The molecule has 0 aliphatic heterocycles. The predicted octanol–water partition coefficient (Wildman–Crippen LogP) is 3.06. The highest BCUT2D eigenvalue weighted by atomic mass is 32.2. The van der Waals surface area contributed by atoms with Crippen molar-refractivity contribution in [3.63, 3.8) is 0 Å². The standard InChI is InChI=1S/C9H11F7O3S/c1-2-3-4-5(20(17,18)19)6(10)7(11,12)9(15,16)8(6,13)14/h5H,2-4H2,1H3,(H,17,18,19). The average molecular weight is 332 g/mol. The molecule has 0 aromatic carbocycles. The summed E-state index contributed by atoms with van der Waals surface area (Å²) in [7, 11) is -5.72. The van der Waals surface area contributed by atoms with Gasteiger partial charge in [-0.1, -0.05) is 19.8 Å². The minimum atomic E-state index is -6.02. The topological polar surface area (TPSA) is 54.4 Å². The Morgan fingerprint density at radius 2 is 1.35 bits per heavy atom. The van der Waals surface area contributed by atoms with Crippen LogP contribution < -0.4 is 0 Å². The Labute approximate surface area is 109 Å². The van der Waals surface area contributed by atoms with E-state index >= 15 is 0 Å². The quantitative estimate of drug-likeness (QED) is 0.622. The summed E-state index contributed by atoms with van der Waals surface area (Å²) in [5, 5.41) is -3.33. The number of unbranched alkanes of at least 4 members (excludes halogenated alkanes) is 1. The lowest BCUT2D eigenvalue weighted by atomic mass is 9.66. The first-order valence-corrected chi connectivity index (χ1v) is 6.98. The molecule has 1 unspecified atom stereocenters. The van der Waals surface area contributed by atoms with Crippen LogP contribution in [-0.2, 0) is 10.1 Å². The van der Waals surface area contributed by atoms with Gasteiger partial charge in [-0.25, -0.2) is 4.39 Å². The smallest absolute Gasteiger partial charge is 0.285 e. The molecule has 20 heavy (non-hydrogen) atoms. The molecule has 120 valence electrons. The van der Waals surface area contributed by atoms with Crippen molar-refractivity contribution >= 4 is 10.1 Å². The summed E-state index contributed by atoms with van der Waals surface area (Å²) in [6, 6.07) is 0. The Balaban J connectivity index is 3.39. The van der Waals surface area contributed by atoms with Crippen molar-refractivity contribution in [2.75, 3.05) is 0 Å². The normalized spacial score (nSPS) is 27.6. The maximum absolute atomic E-state index is 13.9. The lowest BCUT2D eigenvalue weighted by molar-refractivity contribution is -0.472. The zero-order valence-corrected chi connectivity index (χ0v) is 10.8. The van der Waals surface area contributed by atoms with Gasteiger partial charge in [0.15, 0.2) is 0 Å². The molecule has 0 aromatic heterocycles. The molecule has 11 heteroatoms. The summed E-state index contributed by atoms with van der Waals surface area (Å²) < 4.78 is 122. The Morgan fingerprint density at radius 1 is 0.950 bits per heavy atom. The largest absolute Gasteiger partial charge is 0.379 e. The van der Waals surface area contributed by atoms with Crippen LogP contribution in [-0.4, -0.2) is 41.7 Å². The Kier molecular flexibility index (Phi) is 3.89. The first-order chi connectivity index (χ1) is 8.69. The molecule has 1 fully saturated rings. The van der Waals surface area contributed by atoms with Crippen molar-refractivity contribution in [2.45, 2.75) is 54.9 Å². The van der Waals surface area contributed by atoms with Crippen LogP contribution in [0.3, 0.4) is 0 Å². The molecule has 0 radical (unpaired) electrons. The molecular formula is C9H11F7O3S. The van der Waals surface area contributed by atoms with E-state index in [0.29, 0.717) is 0 Å². The highest BCUT2D eigenvalue weighted by Crippen LogP contribution is 2.70. The first kappa shape index (κ1) is 17.5. The van der Waals surface area contributed by atoms with E-state index in [1.54, 1.807) is 0 Å². The fourth-order valence-corrected chi connectivity index (χ4v) is 3.31. The molecule has 0 saturated heterocycles. The number of rotatable bonds is 5. The molecule has 0 spiro atoms.